The molecule has 4 aromatic carbocycles. The smallest absolute Gasteiger partial charge is 0.352 e. The maximum absolute atomic E-state index is 14.9. The second-order valence-corrected chi connectivity index (χ2v) is 33.1. The first kappa shape index (κ1) is 108. The van der Waals surface area contributed by atoms with Crippen LogP contribution < -0.4 is 70.3 Å². The van der Waals surface area contributed by atoms with Crippen LogP contribution in [-0.4, -0.2) is 159 Å². The number of H-pyrrole nitrogens is 2. The fourth-order valence-corrected chi connectivity index (χ4v) is 14.1. The first-order valence-electron chi connectivity index (χ1n) is 42.1. The average molecular weight is 2160 g/mol. The molecule has 15 aromatic rings. The van der Waals surface area contributed by atoms with Crippen molar-refractivity contribution in [1.29, 1.82) is 0 Å². The van der Waals surface area contributed by atoms with Crippen LogP contribution in [0.4, 0.5) is 25.8 Å². The van der Waals surface area contributed by atoms with Crippen LogP contribution in [0.1, 0.15) is 51.7 Å². The van der Waals surface area contributed by atoms with E-state index >= 15 is 0 Å². The van der Waals surface area contributed by atoms with Gasteiger partial charge in [-0.05, 0) is 151 Å². The molecule has 736 valence electrons. The molecule has 2 aliphatic heterocycles. The van der Waals surface area contributed by atoms with Crippen molar-refractivity contribution in [2.45, 2.75) is 65.0 Å². The minimum Gasteiger partial charge on any atom is -0.503 e. The number of carbonyl (C=O) groups is 6. The third kappa shape index (κ3) is 30.4. The molecule has 0 amide bonds. The number of aromatic nitrogens is 11. The van der Waals surface area contributed by atoms with Gasteiger partial charge < -0.3 is 93.1 Å². The molecule has 11 aromatic heterocycles. The van der Waals surface area contributed by atoms with Crippen molar-refractivity contribution in [3.63, 3.8) is 0 Å². The number of nitrogen functional groups attached to an aromatic ring is 2. The number of ether oxygens (including phenoxy) is 14. The Morgan fingerprint density at radius 2 is 0.930 bits per heavy atom. The van der Waals surface area contributed by atoms with Gasteiger partial charge in [0.2, 0.25) is 41.2 Å². The van der Waals surface area contributed by atoms with E-state index in [1.165, 1.54) is 124 Å². The van der Waals surface area contributed by atoms with Gasteiger partial charge in [-0.25, -0.2) is 62.8 Å². The van der Waals surface area contributed by atoms with Gasteiger partial charge >= 0.3 is 23.9 Å². The third-order valence-electron chi connectivity index (χ3n) is 19.6. The Hall–Kier alpha value is -16.1. The molecule has 3 aliphatic rings. The standard InChI is InChI=1S/C28H22F2N2O4.C13H13BrN2O5.C12H10O.C9H7BrN2O2.C9H7ClN2O.C9H8N2O2.C8H10O5.C6H7BrN2O.C6H8N2O/c1-35-27-15-22-20(16-32-27)23(8-11-31-22)36-24-7-4-18(12-21(24)30)14-26(34)28(9-10-28)25(33)13-17-2-5-19(29)6-3-17;1-13(2)20-11(17)7(12(18)21-13)6-16-8-4-5-15-10(19-3)9(8)14;1-3-7-11(8-4-1)13-12-9-5-2-6-10-12;1-14-9-7(10)8-5(4-12-9)6(13)2-3-11-8;1-13-9-4-8-6(5-12-9)7(10)2-3-11-8;1-13-9-4-7-6(5-11-9)8(12)2-3-10-7;1-8(2)12-6(9)5(4-11-3)7(10)13-8;1-10-6-5(7)4(8)2-3-9-6;1-9-6-4-5(7)2-3-8-6/h2-8,11-12,15-16H,9-10,13-14H2,1H3;4-6H,1-3H3,(H,15,16);1-10H;2-4H,1H3,(H,11,13);2-5H,1H3;2-5H,1H3,(H,10,12);4H,1-3H3;2-3H,1H3,(H2,8,9);2-4H,1H3,(H2,7,8). The number of nitrogens with one attached hydrogen (secondary N) is 3. The summed E-state index contributed by atoms with van der Waals surface area (Å²) in [6.07, 6.45) is 20.5. The zero-order valence-electron chi connectivity index (χ0n) is 77.9. The van der Waals surface area contributed by atoms with Crippen LogP contribution in [0.3, 0.4) is 0 Å². The summed E-state index contributed by atoms with van der Waals surface area (Å²) >= 11 is 15.8. The quantitative estimate of drug-likeness (QED) is 0.0155. The lowest BCUT2D eigenvalue weighted by Crippen LogP contribution is -2.42. The van der Waals surface area contributed by atoms with E-state index in [0.717, 1.165) is 34.2 Å². The molecule has 0 radical (unpaired) electrons. The minimum absolute atomic E-state index is 0.0111. The van der Waals surface area contributed by atoms with Crippen LogP contribution in [0.5, 0.6) is 64.2 Å². The van der Waals surface area contributed by atoms with Crippen molar-refractivity contribution in [1.82, 2.24) is 54.8 Å². The van der Waals surface area contributed by atoms with Gasteiger partial charge in [-0.3, -0.25) is 29.1 Å². The molecule has 36 nitrogen and oxygen atoms in total. The van der Waals surface area contributed by atoms with Gasteiger partial charge in [-0.1, -0.05) is 66.2 Å². The predicted molar refractivity (Wildman–Crippen MR) is 534 cm³/mol. The average Bonchev–Trinajstić information content (AvgIpc) is 1.25. The zero-order chi connectivity index (χ0) is 103. The van der Waals surface area contributed by atoms with Gasteiger partial charge in [0.15, 0.2) is 45.1 Å². The van der Waals surface area contributed by atoms with E-state index in [9.17, 15) is 47.1 Å². The molecule has 0 spiro atoms. The van der Waals surface area contributed by atoms with Gasteiger partial charge in [0.25, 0.3) is 11.6 Å². The molecular formula is C100H92Br3ClF2N14O22. The van der Waals surface area contributed by atoms with Gasteiger partial charge in [0.1, 0.15) is 42.7 Å². The number of benzene rings is 4. The van der Waals surface area contributed by atoms with E-state index in [-0.39, 0.29) is 58.0 Å². The second-order valence-electron chi connectivity index (χ2n) is 30.3. The zero-order valence-corrected chi connectivity index (χ0v) is 83.4. The Kier molecular flexibility index (Phi) is 39.1. The number of esters is 4. The highest BCUT2D eigenvalue weighted by molar-refractivity contribution is 9.11. The number of ketones is 2. The van der Waals surface area contributed by atoms with Crippen molar-refractivity contribution in [2.24, 2.45) is 5.41 Å². The van der Waals surface area contributed by atoms with Crippen molar-refractivity contribution in [3.8, 4) is 64.2 Å². The lowest BCUT2D eigenvalue weighted by Gasteiger charge is -2.29. The highest BCUT2D eigenvalue weighted by atomic mass is 79.9. The normalized spacial score (nSPS) is 12.9. The number of para-hydroxylation sites is 2. The summed E-state index contributed by atoms with van der Waals surface area (Å²) in [6.45, 7) is 5.92. The Morgan fingerprint density at radius 3 is 1.46 bits per heavy atom. The van der Waals surface area contributed by atoms with Crippen molar-refractivity contribution < 1.29 is 104 Å². The molecule has 3 fully saturated rings. The Labute approximate surface area is 840 Å². The van der Waals surface area contributed by atoms with Crippen LogP contribution in [0.15, 0.2) is 285 Å². The molecule has 0 bridgehead atoms. The van der Waals surface area contributed by atoms with Crippen LogP contribution in [-0.2, 0) is 65.3 Å². The maximum Gasteiger partial charge on any atom is 0.352 e. The maximum atomic E-state index is 14.9. The number of nitrogens with two attached hydrogens (primary N) is 2. The number of cyclic esters (lactones) is 4. The number of hydrogen-bond donors (Lipinski definition) is 5. The number of pyridine rings is 11. The first-order chi connectivity index (χ1) is 68.1. The van der Waals surface area contributed by atoms with E-state index in [4.69, 9.17) is 84.6 Å². The molecule has 0 unspecified atom stereocenters. The topological polar surface area (TPSA) is 477 Å². The molecule has 42 heteroatoms. The molecule has 0 atom stereocenters. The number of methoxy groups -OCH3 is 8. The van der Waals surface area contributed by atoms with Crippen LogP contribution in [0.2, 0.25) is 5.02 Å². The number of anilines is 3. The summed E-state index contributed by atoms with van der Waals surface area (Å²) in [4.78, 5) is 137. The third-order valence-corrected chi connectivity index (χ3v) is 22.2. The van der Waals surface area contributed by atoms with Crippen LogP contribution in [0.25, 0.3) is 43.6 Å². The highest BCUT2D eigenvalue weighted by Crippen LogP contribution is 2.49. The summed E-state index contributed by atoms with van der Waals surface area (Å²) in [5.41, 5.74) is 15.1. The van der Waals surface area contributed by atoms with E-state index in [1.807, 2.05) is 60.7 Å². The van der Waals surface area contributed by atoms with E-state index in [1.54, 1.807) is 144 Å². The highest BCUT2D eigenvalue weighted by Gasteiger charge is 2.54. The Bertz CT molecular complexity index is 7100. The van der Waals surface area contributed by atoms with E-state index in [0.29, 0.717) is 134 Å². The summed E-state index contributed by atoms with van der Waals surface area (Å²) in [7, 11) is 12.0. The number of rotatable bonds is 20. The summed E-state index contributed by atoms with van der Waals surface area (Å²) < 4.78 is 100. The number of nitrogens with zero attached hydrogens (tertiary/aromatic N) is 9. The lowest BCUT2D eigenvalue weighted by atomic mass is 9.88. The van der Waals surface area contributed by atoms with Crippen LogP contribution >= 0.6 is 59.4 Å². The molecule has 13 heterocycles. The van der Waals surface area contributed by atoms with Crippen molar-refractivity contribution in [3.05, 3.63) is 323 Å². The summed E-state index contributed by atoms with van der Waals surface area (Å²) in [6, 6.07) is 47.6. The van der Waals surface area contributed by atoms with Gasteiger partial charge in [-0.2, -0.15) is 0 Å². The van der Waals surface area contributed by atoms with Crippen molar-refractivity contribution >= 4 is 156 Å². The molecule has 18 rings (SSSR count). The largest absolute Gasteiger partial charge is 0.503 e. The van der Waals surface area contributed by atoms with Crippen LogP contribution in [0, 0.1) is 17.0 Å². The SMILES string of the molecule is COC=C1C(=O)OC(C)(C)OC1=O.COc1cc(N)ccn1.COc1cc2[nH]ccc(=O)c2cn1.COc1cc2nccc(Cl)c2cn1.COc1cc2nccc(Oc3ccc(CC(=O)C4(C(=O)Cc5ccc(F)cc5)CC4)cc3F)c2cn1.COc1ncc2c(=O)cc[nH]c2c1Br.COc1nccc(N)c1Br.COc1nccc(NC=C2C(=O)OC(C)(C)OC2=O)c1Br.c1ccc(Oc2ccccc2)cc1. The molecule has 7 N–H and O–H groups in total. The Balaban J connectivity index is 0.000000171. The number of carbonyl (C=O) groups excluding carboxylic acids is 6. The summed E-state index contributed by atoms with van der Waals surface area (Å²) in [5, 5.41) is 6.01. The van der Waals surface area contributed by atoms with E-state index < -0.39 is 46.7 Å². The first-order valence-corrected chi connectivity index (χ1v) is 44.8. The fraction of sp³-hybridized carbons (Fsp3) is 0.190. The molecular weight excluding hydrogens is 2060 g/mol. The number of Topliss-reactive ketones (excluding diaryl/α,β-unsaturated/α-hetero) is 2. The Morgan fingerprint density at radius 1 is 0.458 bits per heavy atom. The second kappa shape index (κ2) is 51.5. The number of fused-ring (bicyclic) bond motifs is 4. The predicted octanol–water partition coefficient (Wildman–Crippen LogP) is 18.3. The number of hydrogen-bond acceptors (Lipinski definition) is 34. The monoisotopic (exact) mass is 2150 g/mol. The molecule has 1 aliphatic carbocycles. The van der Waals surface area contributed by atoms with Crippen molar-refractivity contribution in [2.75, 3.05) is 73.7 Å². The molecule has 142 heavy (non-hydrogen) atoms. The number of halogens is 6. The van der Waals surface area contributed by atoms with E-state index in [2.05, 4.69) is 113 Å². The molecule has 1 saturated carbocycles. The van der Waals surface area contributed by atoms with Gasteiger partial charge in [0, 0.05) is 162 Å². The minimum atomic E-state index is -1.26. The number of aromatic amines is 2. The lowest BCUT2D eigenvalue weighted by molar-refractivity contribution is -0.224. The van der Waals surface area contributed by atoms with Gasteiger partial charge in [0.05, 0.1) is 117 Å². The van der Waals surface area contributed by atoms with Gasteiger partial charge in [-0.15, -0.1) is 0 Å². The summed E-state index contributed by atoms with van der Waals surface area (Å²) in [5.74, 6) is -1.42. The fourth-order valence-electron chi connectivity index (χ4n) is 12.4. The molecule has 2 saturated heterocycles.